The molecule has 0 atom stereocenters. The molecule has 0 fully saturated rings. The van der Waals surface area contributed by atoms with Crippen molar-refractivity contribution in [2.24, 2.45) is 0 Å². The standard InChI is InChI=1S/C7H10S/c1-4-6-7(3)8-5-2/h4-6H,2-3H2,1H3/b6-4+. The third-order valence-corrected chi connectivity index (χ3v) is 1.19. The minimum Gasteiger partial charge on any atom is -0.0993 e. The van der Waals surface area contributed by atoms with E-state index in [9.17, 15) is 0 Å². The van der Waals surface area contributed by atoms with Gasteiger partial charge < -0.3 is 0 Å². The summed E-state index contributed by atoms with van der Waals surface area (Å²) in [6, 6.07) is 0. The maximum absolute atomic E-state index is 3.74. The van der Waals surface area contributed by atoms with Crippen molar-refractivity contribution in [2.45, 2.75) is 6.92 Å². The van der Waals surface area contributed by atoms with Gasteiger partial charge in [-0.05, 0) is 12.3 Å². The molecule has 0 spiro atoms. The highest BCUT2D eigenvalue weighted by Gasteiger charge is 1.78. The lowest BCUT2D eigenvalue weighted by Crippen LogP contribution is -1.57. The Labute approximate surface area is 55.0 Å². The number of allylic oxidation sites excluding steroid dienone is 2. The van der Waals surface area contributed by atoms with Crippen LogP contribution in [0.15, 0.2) is 35.6 Å². The Morgan fingerprint density at radius 1 is 1.62 bits per heavy atom. The second-order valence-corrected chi connectivity index (χ2v) is 2.34. The molecule has 0 heterocycles. The van der Waals surface area contributed by atoms with Gasteiger partial charge in [0.15, 0.2) is 0 Å². The smallest absolute Gasteiger partial charge is 0.00404 e. The molecule has 0 aromatic rings. The lowest BCUT2D eigenvalue weighted by Gasteiger charge is -1.87. The summed E-state index contributed by atoms with van der Waals surface area (Å²) >= 11 is 1.54. The fourth-order valence-electron chi connectivity index (χ4n) is 0.332. The van der Waals surface area contributed by atoms with Crippen LogP contribution < -0.4 is 0 Å². The Hall–Kier alpha value is -0.430. The van der Waals surface area contributed by atoms with Crippen LogP contribution in [-0.2, 0) is 0 Å². The van der Waals surface area contributed by atoms with Crippen molar-refractivity contribution in [3.05, 3.63) is 35.6 Å². The molecule has 0 unspecified atom stereocenters. The number of hydrogen-bond donors (Lipinski definition) is 0. The molecule has 0 rings (SSSR count). The van der Waals surface area contributed by atoms with Crippen molar-refractivity contribution in [1.82, 2.24) is 0 Å². The Kier molecular flexibility index (Phi) is 4.47. The summed E-state index contributed by atoms with van der Waals surface area (Å²) in [6.07, 6.45) is 3.91. The van der Waals surface area contributed by atoms with Crippen molar-refractivity contribution in [1.29, 1.82) is 0 Å². The van der Waals surface area contributed by atoms with Gasteiger partial charge in [0.25, 0.3) is 0 Å². The quantitative estimate of drug-likeness (QED) is 0.524. The van der Waals surface area contributed by atoms with Crippen LogP contribution >= 0.6 is 11.8 Å². The van der Waals surface area contributed by atoms with E-state index < -0.39 is 0 Å². The summed E-state index contributed by atoms with van der Waals surface area (Å²) in [5.74, 6) is 0. The molecule has 44 valence electrons. The highest BCUT2D eigenvalue weighted by Crippen LogP contribution is 2.13. The molecule has 0 aromatic heterocycles. The van der Waals surface area contributed by atoms with Crippen LogP contribution in [-0.4, -0.2) is 0 Å². The van der Waals surface area contributed by atoms with Crippen molar-refractivity contribution in [3.8, 4) is 0 Å². The second-order valence-electron chi connectivity index (χ2n) is 1.25. The fourth-order valence-corrected chi connectivity index (χ4v) is 0.761. The van der Waals surface area contributed by atoms with Gasteiger partial charge >= 0.3 is 0 Å². The van der Waals surface area contributed by atoms with E-state index in [-0.39, 0.29) is 0 Å². The van der Waals surface area contributed by atoms with Gasteiger partial charge in [-0.1, -0.05) is 37.1 Å². The van der Waals surface area contributed by atoms with Crippen LogP contribution in [0.3, 0.4) is 0 Å². The van der Waals surface area contributed by atoms with Crippen molar-refractivity contribution < 1.29 is 0 Å². The number of thioether (sulfide) groups is 1. The van der Waals surface area contributed by atoms with E-state index in [0.717, 1.165) is 4.91 Å². The Morgan fingerprint density at radius 2 is 2.25 bits per heavy atom. The SMILES string of the molecule is C=CSC(=C)/C=C/C. The van der Waals surface area contributed by atoms with Gasteiger partial charge in [-0.15, -0.1) is 0 Å². The molecule has 0 aliphatic heterocycles. The summed E-state index contributed by atoms with van der Waals surface area (Å²) < 4.78 is 0. The Bertz CT molecular complexity index is 112. The van der Waals surface area contributed by atoms with Gasteiger partial charge in [-0.3, -0.25) is 0 Å². The molecule has 0 bridgehead atoms. The Morgan fingerprint density at radius 3 is 2.62 bits per heavy atom. The topological polar surface area (TPSA) is 0 Å². The molecular formula is C7H10S. The molecule has 0 aromatic carbocycles. The molecule has 0 saturated heterocycles. The van der Waals surface area contributed by atoms with Gasteiger partial charge in [-0.2, -0.15) is 0 Å². The Balaban J connectivity index is 3.48. The van der Waals surface area contributed by atoms with Crippen LogP contribution in [0.25, 0.3) is 0 Å². The average molecular weight is 126 g/mol. The summed E-state index contributed by atoms with van der Waals surface area (Å²) in [7, 11) is 0. The lowest BCUT2D eigenvalue weighted by molar-refractivity contribution is 1.73. The molecule has 0 amide bonds. The van der Waals surface area contributed by atoms with Gasteiger partial charge in [0.2, 0.25) is 0 Å². The fraction of sp³-hybridized carbons (Fsp3) is 0.143. The molecule has 0 aliphatic rings. The van der Waals surface area contributed by atoms with E-state index in [4.69, 9.17) is 0 Å². The molecule has 0 saturated carbocycles. The first-order chi connectivity index (χ1) is 3.81. The normalized spacial score (nSPS) is 9.62. The zero-order valence-corrected chi connectivity index (χ0v) is 5.87. The minimum absolute atomic E-state index is 1.03. The zero-order chi connectivity index (χ0) is 6.41. The summed E-state index contributed by atoms with van der Waals surface area (Å²) in [4.78, 5) is 1.03. The summed E-state index contributed by atoms with van der Waals surface area (Å²) in [6.45, 7) is 9.26. The second kappa shape index (κ2) is 4.72. The van der Waals surface area contributed by atoms with E-state index in [1.807, 2.05) is 19.1 Å². The van der Waals surface area contributed by atoms with Crippen LogP contribution in [0, 0.1) is 0 Å². The van der Waals surface area contributed by atoms with E-state index in [1.165, 1.54) is 11.8 Å². The van der Waals surface area contributed by atoms with E-state index in [0.29, 0.717) is 0 Å². The van der Waals surface area contributed by atoms with Gasteiger partial charge in [0.1, 0.15) is 0 Å². The molecule has 0 nitrogen and oxygen atoms in total. The first-order valence-corrected chi connectivity index (χ1v) is 3.28. The maximum atomic E-state index is 3.74. The van der Waals surface area contributed by atoms with Crippen molar-refractivity contribution in [2.75, 3.05) is 0 Å². The molecular weight excluding hydrogens is 116 g/mol. The number of hydrogen-bond acceptors (Lipinski definition) is 1. The highest BCUT2D eigenvalue weighted by atomic mass is 32.2. The van der Waals surface area contributed by atoms with Crippen LogP contribution in [0.4, 0.5) is 0 Å². The van der Waals surface area contributed by atoms with E-state index >= 15 is 0 Å². The minimum atomic E-state index is 1.03. The highest BCUT2D eigenvalue weighted by molar-refractivity contribution is 8.05. The monoisotopic (exact) mass is 126 g/mol. The van der Waals surface area contributed by atoms with E-state index in [2.05, 4.69) is 13.2 Å². The largest absolute Gasteiger partial charge is 0.0993 e. The van der Waals surface area contributed by atoms with Gasteiger partial charge in [0.05, 0.1) is 0 Å². The third kappa shape index (κ3) is 3.75. The summed E-state index contributed by atoms with van der Waals surface area (Å²) in [5.41, 5.74) is 0. The molecule has 8 heavy (non-hydrogen) atoms. The van der Waals surface area contributed by atoms with Gasteiger partial charge in [-0.25, -0.2) is 0 Å². The van der Waals surface area contributed by atoms with Gasteiger partial charge in [0, 0.05) is 4.91 Å². The first-order valence-electron chi connectivity index (χ1n) is 2.40. The van der Waals surface area contributed by atoms with Crippen molar-refractivity contribution >= 4 is 11.8 Å². The first kappa shape index (κ1) is 7.57. The predicted molar refractivity (Wildman–Crippen MR) is 41.7 cm³/mol. The number of rotatable bonds is 3. The van der Waals surface area contributed by atoms with Crippen LogP contribution in [0.2, 0.25) is 0 Å². The maximum Gasteiger partial charge on any atom is 0.00404 e. The predicted octanol–water partition coefficient (Wildman–Crippen LogP) is 2.95. The molecule has 0 radical (unpaired) electrons. The van der Waals surface area contributed by atoms with E-state index in [1.54, 1.807) is 5.41 Å². The van der Waals surface area contributed by atoms with Crippen LogP contribution in [0.5, 0.6) is 0 Å². The van der Waals surface area contributed by atoms with Crippen LogP contribution in [0.1, 0.15) is 6.92 Å². The molecule has 1 heteroatoms. The van der Waals surface area contributed by atoms with Crippen molar-refractivity contribution in [3.63, 3.8) is 0 Å². The average Bonchev–Trinajstić information content (AvgIpc) is 1.68. The lowest BCUT2D eigenvalue weighted by atomic mass is 10.5. The molecule has 0 N–H and O–H groups in total. The summed E-state index contributed by atoms with van der Waals surface area (Å²) in [5, 5.41) is 1.77. The molecule has 0 aliphatic carbocycles. The zero-order valence-electron chi connectivity index (χ0n) is 5.05. The third-order valence-electron chi connectivity index (χ3n) is 0.587.